The Morgan fingerprint density at radius 1 is 1.36 bits per heavy atom. The second-order valence-electron chi connectivity index (χ2n) is 3.03. The highest BCUT2D eigenvalue weighted by molar-refractivity contribution is 5.78. The van der Waals surface area contributed by atoms with Gasteiger partial charge in [-0.1, -0.05) is 6.07 Å². The van der Waals surface area contributed by atoms with Gasteiger partial charge in [0.25, 0.3) is 0 Å². The van der Waals surface area contributed by atoms with E-state index in [0.717, 1.165) is 13.1 Å². The Morgan fingerprint density at radius 3 is 3.09 bits per heavy atom. The first-order chi connectivity index (χ1) is 5.43. The Kier molecular flexibility index (Phi) is 0.844. The molecule has 0 aliphatic carbocycles. The third-order valence-electron chi connectivity index (χ3n) is 2.30. The predicted octanol–water partition coefficient (Wildman–Crippen LogP) is 1.44. The number of hydrogen-bond donors (Lipinski definition) is 1. The molecular weight excluding hydrogens is 136 g/mol. The van der Waals surface area contributed by atoms with E-state index in [0.29, 0.717) is 0 Å². The quantitative estimate of drug-likeness (QED) is 0.594. The molecule has 1 N–H and O–H groups in total. The van der Waals surface area contributed by atoms with Crippen molar-refractivity contribution in [3.05, 3.63) is 30.3 Å². The summed E-state index contributed by atoms with van der Waals surface area (Å²) in [5.41, 5.74) is 3.92. The van der Waals surface area contributed by atoms with Crippen molar-refractivity contribution >= 4 is 11.4 Å². The van der Waals surface area contributed by atoms with Gasteiger partial charge in [-0.2, -0.15) is 0 Å². The summed E-state index contributed by atoms with van der Waals surface area (Å²) in [7, 11) is 0. The molecule has 0 unspecified atom stereocenters. The van der Waals surface area contributed by atoms with Crippen molar-refractivity contribution in [3.8, 4) is 0 Å². The van der Waals surface area contributed by atoms with Gasteiger partial charge in [0, 0.05) is 13.1 Å². The Balaban J connectivity index is 2.28. The Labute approximate surface area is 65.8 Å². The van der Waals surface area contributed by atoms with Gasteiger partial charge >= 0.3 is 0 Å². The fourth-order valence-corrected chi connectivity index (χ4v) is 1.77. The molecule has 4 bridgehead atoms. The predicted molar refractivity (Wildman–Crippen MR) is 45.7 cm³/mol. The number of rotatable bonds is 0. The molecule has 3 heterocycles. The van der Waals surface area contributed by atoms with Crippen LogP contribution in [0.3, 0.4) is 0 Å². The lowest BCUT2D eigenvalue weighted by Gasteiger charge is -2.36. The van der Waals surface area contributed by atoms with E-state index in [4.69, 9.17) is 0 Å². The van der Waals surface area contributed by atoms with Gasteiger partial charge in [0.05, 0.1) is 17.9 Å². The third kappa shape index (κ3) is 0.615. The molecule has 2 nitrogen and oxygen atoms in total. The van der Waals surface area contributed by atoms with E-state index >= 15 is 0 Å². The smallest absolute Gasteiger partial charge is 0.0790 e. The van der Waals surface area contributed by atoms with Gasteiger partial charge < -0.3 is 10.2 Å². The monoisotopic (exact) mass is 145 g/mol. The minimum atomic E-state index is 1.06. The number of nitrogens with one attached hydrogen (secondary N) is 1. The van der Waals surface area contributed by atoms with Crippen molar-refractivity contribution in [2.75, 3.05) is 23.3 Å². The minimum absolute atomic E-state index is 1.06. The average Bonchev–Trinajstić information content (AvgIpc) is 2.05. The SMILES string of the molecule is [CH]1c2ccc3c(c2)NCCN13. The molecule has 1 aromatic carbocycles. The van der Waals surface area contributed by atoms with Crippen molar-refractivity contribution in [1.29, 1.82) is 0 Å². The lowest BCUT2D eigenvalue weighted by Crippen LogP contribution is -2.34. The molecule has 0 spiro atoms. The summed E-state index contributed by atoms with van der Waals surface area (Å²) in [6, 6.07) is 6.53. The van der Waals surface area contributed by atoms with E-state index in [1.165, 1.54) is 16.9 Å². The highest BCUT2D eigenvalue weighted by Crippen LogP contribution is 2.36. The molecule has 3 aliphatic heterocycles. The van der Waals surface area contributed by atoms with Crippen LogP contribution in [0, 0.1) is 6.54 Å². The normalized spacial score (nSPS) is 18.4. The highest BCUT2D eigenvalue weighted by Gasteiger charge is 2.21. The van der Waals surface area contributed by atoms with Gasteiger partial charge in [-0.3, -0.25) is 0 Å². The first-order valence-electron chi connectivity index (χ1n) is 3.93. The van der Waals surface area contributed by atoms with E-state index in [2.05, 4.69) is 35.0 Å². The van der Waals surface area contributed by atoms with Crippen molar-refractivity contribution in [2.24, 2.45) is 0 Å². The number of nitrogens with zero attached hydrogens (tertiary/aromatic N) is 1. The number of anilines is 2. The molecule has 11 heavy (non-hydrogen) atoms. The van der Waals surface area contributed by atoms with E-state index in [-0.39, 0.29) is 0 Å². The number of fused-ring (bicyclic) bond motifs is 1. The maximum Gasteiger partial charge on any atom is 0.0790 e. The zero-order chi connectivity index (χ0) is 7.26. The van der Waals surface area contributed by atoms with E-state index in [1.54, 1.807) is 0 Å². The zero-order valence-corrected chi connectivity index (χ0v) is 6.17. The van der Waals surface area contributed by atoms with Crippen LogP contribution in [-0.2, 0) is 0 Å². The summed E-state index contributed by atoms with van der Waals surface area (Å²) < 4.78 is 0. The lowest BCUT2D eigenvalue weighted by atomic mass is 10.0. The van der Waals surface area contributed by atoms with Gasteiger partial charge in [0.1, 0.15) is 0 Å². The molecule has 0 saturated carbocycles. The summed E-state index contributed by atoms with van der Waals surface area (Å²) in [6.07, 6.45) is 0. The maximum atomic E-state index is 3.37. The van der Waals surface area contributed by atoms with Crippen LogP contribution in [0.4, 0.5) is 11.4 Å². The van der Waals surface area contributed by atoms with Crippen LogP contribution >= 0.6 is 0 Å². The van der Waals surface area contributed by atoms with Crippen LogP contribution < -0.4 is 10.2 Å². The zero-order valence-electron chi connectivity index (χ0n) is 6.17. The second kappa shape index (κ2) is 1.70. The fraction of sp³-hybridized carbons (Fsp3) is 0.222. The van der Waals surface area contributed by atoms with E-state index < -0.39 is 0 Å². The molecular formula is C9H9N2. The number of hydrogen-bond acceptors (Lipinski definition) is 2. The Morgan fingerprint density at radius 2 is 2.36 bits per heavy atom. The summed E-state index contributed by atoms with van der Waals surface area (Å²) in [6.45, 7) is 4.37. The minimum Gasteiger partial charge on any atom is -0.382 e. The van der Waals surface area contributed by atoms with Gasteiger partial charge in [-0.05, 0) is 17.7 Å². The van der Waals surface area contributed by atoms with Gasteiger partial charge in [-0.25, -0.2) is 0 Å². The Hall–Kier alpha value is -1.18. The van der Waals surface area contributed by atoms with Crippen LogP contribution in [0.1, 0.15) is 5.56 Å². The molecule has 0 atom stereocenters. The van der Waals surface area contributed by atoms with Crippen LogP contribution in [0.25, 0.3) is 0 Å². The summed E-state index contributed by atoms with van der Waals surface area (Å²) in [5, 5.41) is 3.37. The topological polar surface area (TPSA) is 15.3 Å². The van der Waals surface area contributed by atoms with Crippen molar-refractivity contribution in [2.45, 2.75) is 0 Å². The average molecular weight is 145 g/mol. The molecule has 0 amide bonds. The third-order valence-corrected chi connectivity index (χ3v) is 2.30. The summed E-state index contributed by atoms with van der Waals surface area (Å²) in [5.74, 6) is 0. The van der Waals surface area contributed by atoms with E-state index in [1.807, 2.05) is 0 Å². The van der Waals surface area contributed by atoms with Crippen LogP contribution in [0.15, 0.2) is 18.2 Å². The van der Waals surface area contributed by atoms with Crippen LogP contribution in [0.5, 0.6) is 0 Å². The number of benzene rings is 1. The standard InChI is InChI=1S/C9H9N2/c1-2-9-8-5-7(1)6-11(9)4-3-10-8/h1-2,5-6,10H,3-4H2. The van der Waals surface area contributed by atoms with Crippen molar-refractivity contribution < 1.29 is 0 Å². The van der Waals surface area contributed by atoms with Gasteiger partial charge in [0.2, 0.25) is 0 Å². The van der Waals surface area contributed by atoms with Crippen molar-refractivity contribution in [3.63, 3.8) is 0 Å². The molecule has 1 aromatic rings. The summed E-state index contributed by atoms with van der Waals surface area (Å²) >= 11 is 0. The molecule has 2 heteroatoms. The van der Waals surface area contributed by atoms with Crippen LogP contribution in [0.2, 0.25) is 0 Å². The van der Waals surface area contributed by atoms with Crippen molar-refractivity contribution in [1.82, 2.24) is 0 Å². The molecule has 0 saturated heterocycles. The first kappa shape index (κ1) is 5.47. The largest absolute Gasteiger partial charge is 0.382 e. The molecule has 0 aromatic heterocycles. The second-order valence-corrected chi connectivity index (χ2v) is 3.03. The van der Waals surface area contributed by atoms with Gasteiger partial charge in [0.15, 0.2) is 0 Å². The molecule has 4 rings (SSSR count). The van der Waals surface area contributed by atoms with Crippen LogP contribution in [-0.4, -0.2) is 13.1 Å². The molecule has 55 valence electrons. The molecule has 3 aliphatic rings. The summed E-state index contributed by atoms with van der Waals surface area (Å²) in [4.78, 5) is 2.31. The molecule has 0 fully saturated rings. The van der Waals surface area contributed by atoms with E-state index in [9.17, 15) is 0 Å². The Bertz CT molecular complexity index is 306. The lowest BCUT2D eigenvalue weighted by molar-refractivity contribution is 0.868. The maximum absolute atomic E-state index is 3.37. The highest BCUT2D eigenvalue weighted by atomic mass is 15.2. The van der Waals surface area contributed by atoms with Gasteiger partial charge in [-0.15, -0.1) is 0 Å². The first-order valence-corrected chi connectivity index (χ1v) is 3.93. The fourth-order valence-electron chi connectivity index (χ4n) is 1.77. The molecule has 1 radical (unpaired) electrons.